The third-order valence-electron chi connectivity index (χ3n) is 9.31. The Morgan fingerprint density at radius 1 is 1.02 bits per heavy atom. The minimum atomic E-state index is -3.32. The van der Waals surface area contributed by atoms with Crippen molar-refractivity contribution < 1.29 is 21.6 Å². The first-order chi connectivity index (χ1) is 19.1. The van der Waals surface area contributed by atoms with E-state index >= 15 is 0 Å². The summed E-state index contributed by atoms with van der Waals surface area (Å²) in [6.07, 6.45) is 7.60. The lowest BCUT2D eigenvalue weighted by Crippen LogP contribution is -2.38. The van der Waals surface area contributed by atoms with Crippen LogP contribution in [0.4, 0.5) is 8.78 Å². The van der Waals surface area contributed by atoms with Crippen LogP contribution < -0.4 is 0 Å². The van der Waals surface area contributed by atoms with Crippen LogP contribution in [0.15, 0.2) is 47.3 Å². The summed E-state index contributed by atoms with van der Waals surface area (Å²) >= 11 is 0. The van der Waals surface area contributed by atoms with Crippen LogP contribution in [0, 0.1) is 17.0 Å². The maximum absolute atomic E-state index is 14.6. The minimum absolute atomic E-state index is 0.0823. The number of benzene rings is 1. The Morgan fingerprint density at radius 3 is 2.50 bits per heavy atom. The number of hydrogen-bond donors (Lipinski definition) is 0. The lowest BCUT2D eigenvalue weighted by molar-refractivity contribution is 0.242. The highest BCUT2D eigenvalue weighted by Crippen LogP contribution is 2.69. The van der Waals surface area contributed by atoms with E-state index in [4.69, 9.17) is 9.40 Å². The number of halogens is 2. The predicted octanol–water partition coefficient (Wildman–Crippen LogP) is 5.71. The standard InChI is InChI=1S/C29H27F2N5O3S/c1-15(40(37,38)16-7-8-16)23-14-39-27(34-23)22-12-32-13-24(33-22)29-10-9-18(28(29,2)3)17-11-21(35-36-26(17)29)25-19(30)5-4-6-20(25)31/h4-6,11-16,18H,7-10H2,1-3H3/t15?,18-,29-/m0/s1. The Hall–Kier alpha value is -3.60. The van der Waals surface area contributed by atoms with Crippen LogP contribution >= 0.6 is 0 Å². The van der Waals surface area contributed by atoms with E-state index in [2.05, 4.69) is 34.0 Å². The van der Waals surface area contributed by atoms with Crippen LogP contribution in [-0.4, -0.2) is 38.8 Å². The molecule has 2 saturated carbocycles. The third kappa shape index (κ3) is 3.39. The highest BCUT2D eigenvalue weighted by atomic mass is 32.2. The van der Waals surface area contributed by atoms with E-state index in [-0.39, 0.29) is 33.7 Å². The number of hydrogen-bond acceptors (Lipinski definition) is 8. The maximum atomic E-state index is 14.6. The summed E-state index contributed by atoms with van der Waals surface area (Å²) in [6.45, 7) is 5.93. The average Bonchev–Trinajstić information content (AvgIpc) is 3.58. The van der Waals surface area contributed by atoms with Gasteiger partial charge in [0.05, 0.1) is 45.2 Å². The van der Waals surface area contributed by atoms with Gasteiger partial charge in [-0.2, -0.15) is 5.10 Å². The lowest BCUT2D eigenvalue weighted by Gasteiger charge is -2.37. The Balaban J connectivity index is 1.29. The molecular formula is C29H27F2N5O3S. The van der Waals surface area contributed by atoms with E-state index < -0.39 is 32.1 Å². The van der Waals surface area contributed by atoms with Crippen molar-refractivity contribution in [2.75, 3.05) is 0 Å². The van der Waals surface area contributed by atoms with Gasteiger partial charge in [-0.15, -0.1) is 5.10 Å². The van der Waals surface area contributed by atoms with E-state index in [1.165, 1.54) is 24.5 Å². The van der Waals surface area contributed by atoms with Crippen molar-refractivity contribution in [2.24, 2.45) is 5.41 Å². The highest BCUT2D eigenvalue weighted by Gasteiger charge is 2.65. The number of nitrogens with zero attached hydrogens (tertiary/aromatic N) is 5. The van der Waals surface area contributed by atoms with Crippen molar-refractivity contribution in [3.63, 3.8) is 0 Å². The van der Waals surface area contributed by atoms with Gasteiger partial charge in [0.1, 0.15) is 28.8 Å². The summed E-state index contributed by atoms with van der Waals surface area (Å²) < 4.78 is 60.3. The van der Waals surface area contributed by atoms with Gasteiger partial charge in [0.2, 0.25) is 5.89 Å². The van der Waals surface area contributed by atoms with E-state index in [9.17, 15) is 17.2 Å². The van der Waals surface area contributed by atoms with Gasteiger partial charge >= 0.3 is 0 Å². The van der Waals surface area contributed by atoms with Gasteiger partial charge in [0, 0.05) is 6.20 Å². The molecule has 11 heteroatoms. The molecule has 3 aromatic heterocycles. The first kappa shape index (κ1) is 25.4. The number of fused-ring (bicyclic) bond motifs is 5. The average molecular weight is 564 g/mol. The van der Waals surface area contributed by atoms with Crippen LogP contribution in [0.3, 0.4) is 0 Å². The van der Waals surface area contributed by atoms with Gasteiger partial charge in [-0.05, 0) is 67.7 Å². The zero-order valence-corrected chi connectivity index (χ0v) is 23.0. The summed E-state index contributed by atoms with van der Waals surface area (Å²) in [5.41, 5.74) is 2.06. The summed E-state index contributed by atoms with van der Waals surface area (Å²) in [6, 6.07) is 5.51. The van der Waals surface area contributed by atoms with E-state index in [1.54, 1.807) is 25.4 Å². The number of aromatic nitrogens is 5. The molecule has 0 radical (unpaired) electrons. The SMILES string of the molecule is CC(c1coc(-c2cncc([C@@]34CC[C@@H](c5cc(-c6c(F)cccc6F)nnc53)C4(C)C)n2)n1)S(=O)(=O)C1CC1. The fourth-order valence-corrected chi connectivity index (χ4v) is 8.69. The van der Waals surface area contributed by atoms with Crippen LogP contribution in [-0.2, 0) is 15.3 Å². The maximum Gasteiger partial charge on any atom is 0.246 e. The Morgan fingerprint density at radius 2 is 1.77 bits per heavy atom. The molecule has 1 aromatic carbocycles. The highest BCUT2D eigenvalue weighted by molar-refractivity contribution is 7.92. The van der Waals surface area contributed by atoms with Crippen LogP contribution in [0.1, 0.15) is 80.3 Å². The third-order valence-corrected chi connectivity index (χ3v) is 11.9. The monoisotopic (exact) mass is 563 g/mol. The molecule has 3 aliphatic rings. The second-order valence-electron chi connectivity index (χ2n) is 11.6. The molecule has 0 N–H and O–H groups in total. The van der Waals surface area contributed by atoms with Gasteiger partial charge in [-0.25, -0.2) is 27.2 Å². The first-order valence-corrected chi connectivity index (χ1v) is 15.0. The van der Waals surface area contributed by atoms with E-state index in [0.29, 0.717) is 29.9 Å². The van der Waals surface area contributed by atoms with Crippen LogP contribution in [0.2, 0.25) is 0 Å². The topological polar surface area (TPSA) is 112 Å². The van der Waals surface area contributed by atoms with E-state index in [0.717, 1.165) is 24.1 Å². The molecule has 3 aliphatic carbocycles. The zero-order chi connectivity index (χ0) is 28.0. The lowest BCUT2D eigenvalue weighted by atomic mass is 9.66. The molecule has 4 aromatic rings. The van der Waals surface area contributed by atoms with Gasteiger partial charge in [0.25, 0.3) is 0 Å². The van der Waals surface area contributed by atoms with E-state index in [1.807, 2.05) is 0 Å². The van der Waals surface area contributed by atoms with Gasteiger partial charge in [-0.3, -0.25) is 4.98 Å². The summed E-state index contributed by atoms with van der Waals surface area (Å²) in [4.78, 5) is 13.9. The Labute approximate surface area is 230 Å². The summed E-state index contributed by atoms with van der Waals surface area (Å²) in [5.74, 6) is -1.09. The molecule has 206 valence electrons. The van der Waals surface area contributed by atoms with Crippen LogP contribution in [0.25, 0.3) is 22.8 Å². The second-order valence-corrected chi connectivity index (χ2v) is 14.2. The van der Waals surface area contributed by atoms with Gasteiger partial charge < -0.3 is 4.42 Å². The fraction of sp³-hybridized carbons (Fsp3) is 0.414. The van der Waals surface area contributed by atoms with Crippen molar-refractivity contribution >= 4 is 9.84 Å². The van der Waals surface area contributed by atoms with Crippen molar-refractivity contribution in [1.29, 1.82) is 0 Å². The zero-order valence-electron chi connectivity index (χ0n) is 22.2. The molecule has 1 unspecified atom stereocenters. The first-order valence-electron chi connectivity index (χ1n) is 13.4. The van der Waals surface area contributed by atoms with Crippen molar-refractivity contribution in [3.8, 4) is 22.8 Å². The molecule has 40 heavy (non-hydrogen) atoms. The Bertz CT molecular complexity index is 1770. The smallest absolute Gasteiger partial charge is 0.246 e. The molecular weight excluding hydrogens is 536 g/mol. The molecule has 7 rings (SSSR count). The molecule has 8 nitrogen and oxygen atoms in total. The predicted molar refractivity (Wildman–Crippen MR) is 142 cm³/mol. The molecule has 0 spiro atoms. The van der Waals surface area contributed by atoms with Gasteiger partial charge in [0.15, 0.2) is 9.84 Å². The quantitative estimate of drug-likeness (QED) is 0.293. The van der Waals surface area contributed by atoms with Crippen molar-refractivity contribution in [3.05, 3.63) is 77.2 Å². The van der Waals surface area contributed by atoms with Crippen LogP contribution in [0.5, 0.6) is 0 Å². The molecule has 3 atom stereocenters. The van der Waals surface area contributed by atoms with Crippen molar-refractivity contribution in [2.45, 2.75) is 68.3 Å². The molecule has 3 heterocycles. The van der Waals surface area contributed by atoms with Gasteiger partial charge in [-0.1, -0.05) is 19.9 Å². The molecule has 0 saturated heterocycles. The molecule has 2 fully saturated rings. The Kier molecular flexibility index (Phi) is 5.36. The number of sulfone groups is 1. The molecule has 0 amide bonds. The number of rotatable bonds is 6. The summed E-state index contributed by atoms with van der Waals surface area (Å²) in [7, 11) is -3.32. The molecule has 2 bridgehead atoms. The fourth-order valence-electron chi connectivity index (χ4n) is 6.88. The largest absolute Gasteiger partial charge is 0.443 e. The second kappa shape index (κ2) is 8.45. The number of oxazole rings is 1. The minimum Gasteiger partial charge on any atom is -0.443 e. The summed E-state index contributed by atoms with van der Waals surface area (Å²) in [5, 5.41) is 7.77. The normalized spacial score (nSPS) is 23.8. The molecule has 0 aliphatic heterocycles. The van der Waals surface area contributed by atoms with Crippen molar-refractivity contribution in [1.82, 2.24) is 25.1 Å².